The lowest BCUT2D eigenvalue weighted by atomic mass is 10.1. The van der Waals surface area contributed by atoms with Gasteiger partial charge in [-0.15, -0.1) is 0 Å². The van der Waals surface area contributed by atoms with E-state index in [0.717, 1.165) is 0 Å². The van der Waals surface area contributed by atoms with E-state index < -0.39 is 0 Å². The van der Waals surface area contributed by atoms with Gasteiger partial charge in [-0.1, -0.05) is 0 Å². The molecular formula is C15H11FO3. The molecule has 0 saturated carbocycles. The minimum Gasteiger partial charge on any atom is -0.485 e. The summed E-state index contributed by atoms with van der Waals surface area (Å²) >= 11 is 0. The van der Waals surface area contributed by atoms with Crippen molar-refractivity contribution in [2.24, 2.45) is 0 Å². The van der Waals surface area contributed by atoms with Gasteiger partial charge in [-0.2, -0.15) is 0 Å². The van der Waals surface area contributed by atoms with Gasteiger partial charge in [0.2, 0.25) is 0 Å². The Morgan fingerprint density at radius 1 is 1.00 bits per heavy atom. The zero-order valence-electron chi connectivity index (χ0n) is 10.0. The minimum atomic E-state index is -0.336. The molecule has 4 heteroatoms. The van der Waals surface area contributed by atoms with Gasteiger partial charge in [-0.3, -0.25) is 0 Å². The highest BCUT2D eigenvalue weighted by molar-refractivity contribution is 5.65. The number of halogens is 1. The zero-order chi connectivity index (χ0) is 13.1. The van der Waals surface area contributed by atoms with E-state index in [2.05, 4.69) is 0 Å². The molecule has 0 aliphatic rings. The highest BCUT2D eigenvalue weighted by Gasteiger charge is 2.11. The Kier molecular flexibility index (Phi) is 3.06. The van der Waals surface area contributed by atoms with E-state index in [0.29, 0.717) is 22.8 Å². The third-order valence-corrected chi connectivity index (χ3v) is 2.68. The van der Waals surface area contributed by atoms with Crippen LogP contribution in [0.2, 0.25) is 0 Å². The van der Waals surface area contributed by atoms with E-state index in [1.165, 1.54) is 18.4 Å². The van der Waals surface area contributed by atoms with Gasteiger partial charge in [0.1, 0.15) is 29.7 Å². The van der Waals surface area contributed by atoms with Crippen molar-refractivity contribution in [1.29, 1.82) is 0 Å². The maximum atomic E-state index is 13.3. The Hall–Kier alpha value is -2.49. The fourth-order valence-electron chi connectivity index (χ4n) is 1.80. The van der Waals surface area contributed by atoms with E-state index in [9.17, 15) is 4.39 Å². The largest absolute Gasteiger partial charge is 0.485 e. The first-order chi connectivity index (χ1) is 9.33. The molecule has 96 valence electrons. The highest BCUT2D eigenvalue weighted by atomic mass is 19.1. The van der Waals surface area contributed by atoms with Gasteiger partial charge >= 0.3 is 0 Å². The maximum Gasteiger partial charge on any atom is 0.146 e. The molecule has 1 aromatic carbocycles. The van der Waals surface area contributed by atoms with Crippen LogP contribution in [-0.4, -0.2) is 0 Å². The average Bonchev–Trinajstić information content (AvgIpc) is 3.10. The number of hydrogen-bond acceptors (Lipinski definition) is 3. The zero-order valence-corrected chi connectivity index (χ0v) is 10.0. The molecule has 0 amide bonds. The van der Waals surface area contributed by atoms with E-state index in [-0.39, 0.29) is 12.4 Å². The summed E-state index contributed by atoms with van der Waals surface area (Å²) in [5, 5.41) is 0. The van der Waals surface area contributed by atoms with Crippen molar-refractivity contribution in [3.05, 3.63) is 66.6 Å². The van der Waals surface area contributed by atoms with Crippen LogP contribution in [0.3, 0.4) is 0 Å². The van der Waals surface area contributed by atoms with Crippen molar-refractivity contribution < 1.29 is 18.0 Å². The molecule has 2 heterocycles. The molecule has 0 unspecified atom stereocenters. The van der Waals surface area contributed by atoms with Crippen LogP contribution in [0.4, 0.5) is 4.39 Å². The lowest BCUT2D eigenvalue weighted by molar-refractivity contribution is 0.270. The van der Waals surface area contributed by atoms with Gasteiger partial charge in [0.05, 0.1) is 18.1 Å². The summed E-state index contributed by atoms with van der Waals surface area (Å²) in [6.07, 6.45) is 3.12. The summed E-state index contributed by atoms with van der Waals surface area (Å²) < 4.78 is 29.4. The second kappa shape index (κ2) is 5.02. The van der Waals surface area contributed by atoms with Crippen molar-refractivity contribution >= 4 is 0 Å². The first-order valence-electron chi connectivity index (χ1n) is 5.81. The molecule has 3 nitrogen and oxygen atoms in total. The Labute approximate surface area is 109 Å². The highest BCUT2D eigenvalue weighted by Crippen LogP contribution is 2.31. The van der Waals surface area contributed by atoms with Gasteiger partial charge in [-0.05, 0) is 42.5 Å². The fraction of sp³-hybridized carbons (Fsp3) is 0.0667. The molecular weight excluding hydrogens is 247 g/mol. The van der Waals surface area contributed by atoms with Gasteiger partial charge in [0.15, 0.2) is 0 Å². The van der Waals surface area contributed by atoms with Crippen molar-refractivity contribution in [1.82, 2.24) is 0 Å². The molecule has 0 aliphatic carbocycles. The van der Waals surface area contributed by atoms with Gasteiger partial charge < -0.3 is 13.6 Å². The van der Waals surface area contributed by atoms with E-state index >= 15 is 0 Å². The molecule has 2 aromatic heterocycles. The molecule has 0 aliphatic heterocycles. The molecule has 0 fully saturated rings. The maximum absolute atomic E-state index is 13.3. The van der Waals surface area contributed by atoms with Crippen LogP contribution in [0, 0.1) is 5.82 Å². The second-order valence-electron chi connectivity index (χ2n) is 3.99. The number of hydrogen-bond donors (Lipinski definition) is 0. The van der Waals surface area contributed by atoms with E-state index in [1.807, 2.05) is 6.07 Å². The first-order valence-corrected chi connectivity index (χ1v) is 5.81. The van der Waals surface area contributed by atoms with Crippen molar-refractivity contribution in [3.63, 3.8) is 0 Å². The number of furan rings is 2. The van der Waals surface area contributed by atoms with Gasteiger partial charge in [-0.25, -0.2) is 4.39 Å². The SMILES string of the molecule is Fc1ccc(OCc2ccco2)c(-c2ccco2)c1. The van der Waals surface area contributed by atoms with Crippen LogP contribution < -0.4 is 4.74 Å². The molecule has 0 N–H and O–H groups in total. The molecule has 0 spiro atoms. The average molecular weight is 258 g/mol. The van der Waals surface area contributed by atoms with E-state index in [1.54, 1.807) is 30.5 Å². The van der Waals surface area contributed by atoms with Gasteiger partial charge in [0.25, 0.3) is 0 Å². The summed E-state index contributed by atoms with van der Waals surface area (Å²) in [7, 11) is 0. The smallest absolute Gasteiger partial charge is 0.146 e. The Morgan fingerprint density at radius 2 is 1.84 bits per heavy atom. The monoisotopic (exact) mass is 258 g/mol. The summed E-state index contributed by atoms with van der Waals surface area (Å²) in [5.74, 6) is 1.48. The molecule has 0 bridgehead atoms. The lowest BCUT2D eigenvalue weighted by Crippen LogP contribution is -1.96. The van der Waals surface area contributed by atoms with Crippen LogP contribution in [-0.2, 0) is 6.61 Å². The second-order valence-corrected chi connectivity index (χ2v) is 3.99. The van der Waals surface area contributed by atoms with Crippen molar-refractivity contribution in [2.45, 2.75) is 6.61 Å². The first kappa shape index (κ1) is 11.6. The third kappa shape index (κ3) is 2.52. The standard InChI is InChI=1S/C15H11FO3/c16-11-5-6-15(19-10-12-3-1-7-17-12)13(9-11)14-4-2-8-18-14/h1-9H,10H2. The Balaban J connectivity index is 1.88. The van der Waals surface area contributed by atoms with Gasteiger partial charge in [0, 0.05) is 0 Å². The molecule has 3 rings (SSSR count). The predicted molar refractivity (Wildman–Crippen MR) is 67.1 cm³/mol. The predicted octanol–water partition coefficient (Wildman–Crippen LogP) is 4.26. The minimum absolute atomic E-state index is 0.284. The molecule has 0 saturated heterocycles. The number of benzene rings is 1. The number of rotatable bonds is 4. The lowest BCUT2D eigenvalue weighted by Gasteiger charge is -2.09. The van der Waals surface area contributed by atoms with Crippen molar-refractivity contribution in [3.8, 4) is 17.1 Å². The molecule has 0 radical (unpaired) electrons. The molecule has 0 atom stereocenters. The quantitative estimate of drug-likeness (QED) is 0.701. The molecule has 19 heavy (non-hydrogen) atoms. The molecule has 3 aromatic rings. The topological polar surface area (TPSA) is 35.5 Å². The van der Waals surface area contributed by atoms with E-state index in [4.69, 9.17) is 13.6 Å². The number of ether oxygens (including phenoxy) is 1. The summed E-state index contributed by atoms with van der Waals surface area (Å²) in [4.78, 5) is 0. The summed E-state index contributed by atoms with van der Waals surface area (Å²) in [6.45, 7) is 0.284. The van der Waals surface area contributed by atoms with Crippen LogP contribution in [0.25, 0.3) is 11.3 Å². The van der Waals surface area contributed by atoms with Crippen LogP contribution in [0.15, 0.2) is 63.8 Å². The van der Waals surface area contributed by atoms with Crippen LogP contribution in [0.1, 0.15) is 5.76 Å². The van der Waals surface area contributed by atoms with Crippen LogP contribution in [0.5, 0.6) is 5.75 Å². The van der Waals surface area contributed by atoms with Crippen molar-refractivity contribution in [2.75, 3.05) is 0 Å². The summed E-state index contributed by atoms with van der Waals surface area (Å²) in [5.41, 5.74) is 0.580. The summed E-state index contributed by atoms with van der Waals surface area (Å²) in [6, 6.07) is 11.4. The normalized spacial score (nSPS) is 10.6. The third-order valence-electron chi connectivity index (χ3n) is 2.68. The Morgan fingerprint density at radius 3 is 2.58 bits per heavy atom. The van der Waals surface area contributed by atoms with Crippen LogP contribution >= 0.6 is 0 Å². The Bertz CT molecular complexity index is 642. The fourth-order valence-corrected chi connectivity index (χ4v) is 1.80.